The van der Waals surface area contributed by atoms with Gasteiger partial charge in [0.1, 0.15) is 0 Å². The van der Waals surface area contributed by atoms with Gasteiger partial charge in [0.15, 0.2) is 0 Å². The molecule has 2 fully saturated rings. The fourth-order valence-electron chi connectivity index (χ4n) is 2.73. The third kappa shape index (κ3) is 3.25. The minimum absolute atomic E-state index is 0.607. The van der Waals surface area contributed by atoms with Crippen LogP contribution in [0.2, 0.25) is 0 Å². The van der Waals surface area contributed by atoms with Gasteiger partial charge in [-0.05, 0) is 25.2 Å². The Morgan fingerprint density at radius 1 is 1.39 bits per heavy atom. The molecule has 0 saturated carbocycles. The molecule has 0 bridgehead atoms. The van der Waals surface area contributed by atoms with Crippen LogP contribution in [0.3, 0.4) is 0 Å². The first-order valence-electron chi connectivity index (χ1n) is 7.09. The van der Waals surface area contributed by atoms with E-state index in [0.29, 0.717) is 18.0 Å². The average molecular weight is 266 g/mol. The summed E-state index contributed by atoms with van der Waals surface area (Å²) in [4.78, 5) is 0. The second-order valence-corrected chi connectivity index (χ2v) is 7.10. The van der Waals surface area contributed by atoms with Crippen molar-refractivity contribution in [2.75, 3.05) is 5.75 Å². The molecule has 0 radical (unpaired) electrons. The van der Waals surface area contributed by atoms with E-state index >= 15 is 0 Å². The van der Waals surface area contributed by atoms with Crippen molar-refractivity contribution >= 4 is 11.8 Å². The molecule has 18 heavy (non-hydrogen) atoms. The molecule has 0 aromatic rings. The minimum Gasteiger partial charge on any atom is -0.367 e. The zero-order chi connectivity index (χ0) is 13.1. The Kier molecular flexibility index (Phi) is 4.66. The van der Waals surface area contributed by atoms with Gasteiger partial charge in [-0.3, -0.25) is 0 Å². The zero-order valence-corrected chi connectivity index (χ0v) is 12.5. The molecule has 2 N–H and O–H groups in total. The van der Waals surface area contributed by atoms with E-state index < -0.39 is 0 Å². The molecule has 2 rings (SSSR count). The molecule has 0 aliphatic carbocycles. The van der Waals surface area contributed by atoms with E-state index in [2.05, 4.69) is 49.4 Å². The molecule has 2 saturated heterocycles. The van der Waals surface area contributed by atoms with Crippen LogP contribution < -0.4 is 10.6 Å². The van der Waals surface area contributed by atoms with Crippen LogP contribution in [-0.4, -0.2) is 23.1 Å². The number of rotatable bonds is 6. The molecule has 2 heterocycles. The van der Waals surface area contributed by atoms with Crippen molar-refractivity contribution in [1.29, 1.82) is 0 Å². The maximum atomic E-state index is 4.15. The number of hydrogen-bond donors (Lipinski definition) is 2. The molecule has 3 unspecified atom stereocenters. The molecule has 0 amide bonds. The van der Waals surface area contributed by atoms with Crippen molar-refractivity contribution < 1.29 is 0 Å². The molecule has 2 aliphatic heterocycles. The number of thioether (sulfide) groups is 1. The van der Waals surface area contributed by atoms with Crippen LogP contribution in [0.15, 0.2) is 24.6 Å². The summed E-state index contributed by atoms with van der Waals surface area (Å²) in [6.07, 6.45) is 5.13. The highest BCUT2D eigenvalue weighted by molar-refractivity contribution is 8.00. The Morgan fingerprint density at radius 2 is 2.17 bits per heavy atom. The summed E-state index contributed by atoms with van der Waals surface area (Å²) in [5, 5.41) is 7.68. The highest BCUT2D eigenvalue weighted by atomic mass is 32.2. The SMILES string of the molecule is C=C1NC2CSC(CCCCC(=C)C(C)C)C2N1. The van der Waals surface area contributed by atoms with Gasteiger partial charge in [-0.2, -0.15) is 11.8 Å². The monoisotopic (exact) mass is 266 g/mol. The Bertz CT molecular complexity index is 324. The van der Waals surface area contributed by atoms with Crippen molar-refractivity contribution in [3.8, 4) is 0 Å². The van der Waals surface area contributed by atoms with Crippen molar-refractivity contribution in [1.82, 2.24) is 10.6 Å². The topological polar surface area (TPSA) is 24.1 Å². The summed E-state index contributed by atoms with van der Waals surface area (Å²) >= 11 is 2.11. The number of hydrogen-bond acceptors (Lipinski definition) is 3. The second-order valence-electron chi connectivity index (χ2n) is 5.83. The third-order valence-electron chi connectivity index (χ3n) is 4.08. The Balaban J connectivity index is 1.66. The van der Waals surface area contributed by atoms with E-state index in [1.54, 1.807) is 0 Å². The lowest BCUT2D eigenvalue weighted by atomic mass is 9.97. The predicted molar refractivity (Wildman–Crippen MR) is 81.7 cm³/mol. The van der Waals surface area contributed by atoms with E-state index in [0.717, 1.165) is 11.1 Å². The maximum absolute atomic E-state index is 4.15. The first-order chi connectivity index (χ1) is 8.58. The van der Waals surface area contributed by atoms with Crippen LogP contribution >= 0.6 is 11.8 Å². The van der Waals surface area contributed by atoms with Crippen LogP contribution in [0.1, 0.15) is 39.5 Å². The summed E-state index contributed by atoms with van der Waals surface area (Å²) in [5.74, 6) is 2.88. The van der Waals surface area contributed by atoms with Gasteiger partial charge in [0.25, 0.3) is 0 Å². The molecule has 3 heteroatoms. The third-order valence-corrected chi connectivity index (χ3v) is 5.59. The van der Waals surface area contributed by atoms with Gasteiger partial charge in [0.05, 0.1) is 17.9 Å². The van der Waals surface area contributed by atoms with Gasteiger partial charge in [0, 0.05) is 11.0 Å². The van der Waals surface area contributed by atoms with Gasteiger partial charge in [-0.1, -0.05) is 39.0 Å². The lowest BCUT2D eigenvalue weighted by Crippen LogP contribution is -2.36. The lowest BCUT2D eigenvalue weighted by molar-refractivity contribution is 0.513. The minimum atomic E-state index is 0.607. The molecule has 3 atom stereocenters. The lowest BCUT2D eigenvalue weighted by Gasteiger charge is -2.17. The van der Waals surface area contributed by atoms with Crippen LogP contribution in [0.25, 0.3) is 0 Å². The van der Waals surface area contributed by atoms with Crippen molar-refractivity contribution in [3.63, 3.8) is 0 Å². The van der Waals surface area contributed by atoms with Gasteiger partial charge in [-0.15, -0.1) is 0 Å². The van der Waals surface area contributed by atoms with Crippen molar-refractivity contribution in [2.24, 2.45) is 5.92 Å². The molecular weight excluding hydrogens is 240 g/mol. The molecule has 2 nitrogen and oxygen atoms in total. The molecular formula is C15H26N2S. The highest BCUT2D eigenvalue weighted by Gasteiger charge is 2.40. The maximum Gasteiger partial charge on any atom is 0.0918 e. The molecule has 2 aliphatic rings. The van der Waals surface area contributed by atoms with Gasteiger partial charge < -0.3 is 10.6 Å². The van der Waals surface area contributed by atoms with Gasteiger partial charge >= 0.3 is 0 Å². The zero-order valence-electron chi connectivity index (χ0n) is 11.7. The smallest absolute Gasteiger partial charge is 0.0918 e. The van der Waals surface area contributed by atoms with Crippen molar-refractivity contribution in [3.05, 3.63) is 24.6 Å². The number of allylic oxidation sites excluding steroid dienone is 1. The van der Waals surface area contributed by atoms with Crippen LogP contribution in [0.5, 0.6) is 0 Å². The standard InChI is InChI=1S/C15H26N2S/c1-10(2)11(3)7-5-6-8-14-15-13(9-18-14)16-12(4)17-15/h10,13-17H,3-9H2,1-2H3. The van der Waals surface area contributed by atoms with E-state index in [1.165, 1.54) is 37.0 Å². The van der Waals surface area contributed by atoms with Crippen LogP contribution in [0, 0.1) is 5.92 Å². The molecule has 102 valence electrons. The quantitative estimate of drug-likeness (QED) is 0.570. The normalized spacial score (nSPS) is 30.2. The van der Waals surface area contributed by atoms with E-state index in [9.17, 15) is 0 Å². The number of fused-ring (bicyclic) bond motifs is 1. The van der Waals surface area contributed by atoms with Crippen molar-refractivity contribution in [2.45, 2.75) is 56.9 Å². The molecule has 0 aromatic carbocycles. The van der Waals surface area contributed by atoms with E-state index in [1.807, 2.05) is 0 Å². The first-order valence-corrected chi connectivity index (χ1v) is 8.14. The predicted octanol–water partition coefficient (Wildman–Crippen LogP) is 3.28. The largest absolute Gasteiger partial charge is 0.367 e. The number of unbranched alkanes of at least 4 members (excludes halogenated alkanes) is 1. The Labute approximate surface area is 116 Å². The molecule has 0 aromatic heterocycles. The van der Waals surface area contributed by atoms with Crippen LogP contribution in [0.4, 0.5) is 0 Å². The summed E-state index contributed by atoms with van der Waals surface area (Å²) in [7, 11) is 0. The fraction of sp³-hybridized carbons (Fsp3) is 0.733. The highest BCUT2D eigenvalue weighted by Crippen LogP contribution is 2.34. The summed E-state index contributed by atoms with van der Waals surface area (Å²) < 4.78 is 0. The molecule has 0 spiro atoms. The Hall–Kier alpha value is -0.570. The first kappa shape index (κ1) is 13.9. The summed E-state index contributed by atoms with van der Waals surface area (Å²) in [6, 6.07) is 1.22. The summed E-state index contributed by atoms with van der Waals surface area (Å²) in [6.45, 7) is 12.6. The second kappa shape index (κ2) is 6.05. The number of nitrogens with one attached hydrogen (secondary N) is 2. The van der Waals surface area contributed by atoms with Gasteiger partial charge in [0.2, 0.25) is 0 Å². The average Bonchev–Trinajstić information content (AvgIpc) is 2.84. The van der Waals surface area contributed by atoms with E-state index in [-0.39, 0.29) is 0 Å². The van der Waals surface area contributed by atoms with E-state index in [4.69, 9.17) is 0 Å². The summed E-state index contributed by atoms with van der Waals surface area (Å²) in [5.41, 5.74) is 1.40. The fourth-order valence-corrected chi connectivity index (χ4v) is 4.28. The van der Waals surface area contributed by atoms with Crippen LogP contribution in [-0.2, 0) is 0 Å². The Morgan fingerprint density at radius 3 is 2.89 bits per heavy atom. The van der Waals surface area contributed by atoms with Gasteiger partial charge in [-0.25, -0.2) is 0 Å².